The molecular weight excluding hydrogens is 548 g/mol. The third-order valence-corrected chi connectivity index (χ3v) is 9.43. The Bertz CT molecular complexity index is 1840. The molecule has 1 saturated heterocycles. The first-order valence-electron chi connectivity index (χ1n) is 14.6. The molecule has 2 saturated carbocycles. The molecule has 7 atom stereocenters. The monoisotopic (exact) mass is 578 g/mol. The summed E-state index contributed by atoms with van der Waals surface area (Å²) in [6.07, 6.45) is 10.3. The maximum absolute atomic E-state index is 6.50. The standard InChI is InChI=1S/C39H30O5/c1-31-32-21-22-36-38(24-18-16-14-12-10-8-6-4-5-7-9-11-13-15-17-19-27-44-41-3)25-20-26-39(36,37(40-2)43-30-38)34(32)29-35-33(31)23-28-42-35/h23,28,31-32,34,36-37H,20-22,25-26,29-30H2,1-3H3. The summed E-state index contributed by atoms with van der Waals surface area (Å²) in [5.41, 5.74) is 1.07. The van der Waals surface area contributed by atoms with E-state index >= 15 is 0 Å². The summed E-state index contributed by atoms with van der Waals surface area (Å²) in [7, 11) is 3.14. The highest BCUT2D eigenvalue weighted by atomic mass is 17.2. The topological polar surface area (TPSA) is 50.1 Å². The lowest BCUT2D eigenvalue weighted by Gasteiger charge is -2.66. The summed E-state index contributed by atoms with van der Waals surface area (Å²) in [6, 6.07) is 2.16. The van der Waals surface area contributed by atoms with Gasteiger partial charge in [-0.3, -0.25) is 4.89 Å². The largest absolute Gasteiger partial charge is 0.469 e. The zero-order chi connectivity index (χ0) is 30.7. The molecule has 0 N–H and O–H groups in total. The molecule has 5 rings (SSSR count). The van der Waals surface area contributed by atoms with E-state index in [4.69, 9.17) is 13.9 Å². The molecule has 5 heteroatoms. The quantitative estimate of drug-likeness (QED) is 0.298. The van der Waals surface area contributed by atoms with Gasteiger partial charge in [0.15, 0.2) is 12.4 Å². The highest BCUT2D eigenvalue weighted by Gasteiger charge is 2.67. The van der Waals surface area contributed by atoms with Crippen LogP contribution in [-0.2, 0) is 25.7 Å². The van der Waals surface area contributed by atoms with Crippen LogP contribution in [0.15, 0.2) is 16.7 Å². The van der Waals surface area contributed by atoms with Crippen molar-refractivity contribution in [1.82, 2.24) is 0 Å². The molecule has 1 aliphatic heterocycles. The highest BCUT2D eigenvalue weighted by Crippen LogP contribution is 2.68. The first-order valence-corrected chi connectivity index (χ1v) is 14.6. The average molecular weight is 579 g/mol. The van der Waals surface area contributed by atoms with Crippen LogP contribution in [0, 0.1) is 135 Å². The molecular formula is C39H30O5. The van der Waals surface area contributed by atoms with E-state index in [2.05, 4.69) is 130 Å². The van der Waals surface area contributed by atoms with E-state index in [1.807, 2.05) is 6.26 Å². The molecule has 0 amide bonds. The van der Waals surface area contributed by atoms with Crippen LogP contribution >= 0.6 is 0 Å². The Hall–Kier alpha value is -5.00. The highest BCUT2D eigenvalue weighted by molar-refractivity contribution is 5.46. The smallest absolute Gasteiger partial charge is 0.171 e. The Morgan fingerprint density at radius 1 is 0.795 bits per heavy atom. The van der Waals surface area contributed by atoms with E-state index in [9.17, 15) is 0 Å². The van der Waals surface area contributed by atoms with Gasteiger partial charge in [-0.15, -0.1) is 0 Å². The van der Waals surface area contributed by atoms with Crippen molar-refractivity contribution in [3.63, 3.8) is 0 Å². The van der Waals surface area contributed by atoms with Gasteiger partial charge in [-0.1, -0.05) is 19.3 Å². The Balaban J connectivity index is 1.24. The predicted molar refractivity (Wildman–Crippen MR) is 164 cm³/mol. The summed E-state index contributed by atoms with van der Waals surface area (Å²) in [5.74, 6) is 48.7. The fourth-order valence-corrected chi connectivity index (χ4v) is 7.98. The zero-order valence-electron chi connectivity index (χ0n) is 25.0. The van der Waals surface area contributed by atoms with Gasteiger partial charge in [0.25, 0.3) is 0 Å². The van der Waals surface area contributed by atoms with Gasteiger partial charge in [-0.05, 0) is 108 Å². The average Bonchev–Trinajstić information content (AvgIpc) is 3.51. The Morgan fingerprint density at radius 2 is 1.43 bits per heavy atom. The summed E-state index contributed by atoms with van der Waals surface area (Å²) in [4.78, 5) is 8.62. The summed E-state index contributed by atoms with van der Waals surface area (Å²) < 4.78 is 18.6. The second kappa shape index (κ2) is 14.5. The minimum absolute atomic E-state index is 0.0778. The van der Waals surface area contributed by atoms with Crippen LogP contribution in [0.4, 0.5) is 0 Å². The van der Waals surface area contributed by atoms with Gasteiger partial charge in [0.1, 0.15) is 5.76 Å². The fourth-order valence-electron chi connectivity index (χ4n) is 7.98. The Morgan fingerprint density at radius 3 is 2.07 bits per heavy atom. The van der Waals surface area contributed by atoms with Crippen molar-refractivity contribution in [2.45, 2.75) is 57.7 Å². The molecule has 5 nitrogen and oxygen atoms in total. The molecule has 2 bridgehead atoms. The fraction of sp³-hybridized carbons (Fsp3) is 0.436. The van der Waals surface area contributed by atoms with Crippen LogP contribution in [0.5, 0.6) is 0 Å². The maximum atomic E-state index is 6.50. The summed E-state index contributed by atoms with van der Waals surface area (Å²) in [6.45, 7) is 2.93. The van der Waals surface area contributed by atoms with Crippen LogP contribution < -0.4 is 0 Å². The van der Waals surface area contributed by atoms with Gasteiger partial charge in [-0.25, -0.2) is 0 Å². The van der Waals surface area contributed by atoms with E-state index in [0.717, 1.165) is 37.9 Å². The third kappa shape index (κ3) is 6.19. The SMILES string of the molecule is COOC#CC#CC#CC#CC#CC#CC#CC#CC#CC12CCCC3(C(OC)OC1)C1Cc4occc4C(C)C1CCC23. The van der Waals surface area contributed by atoms with Crippen molar-refractivity contribution >= 4 is 0 Å². The van der Waals surface area contributed by atoms with Crippen molar-refractivity contribution in [2.24, 2.45) is 28.6 Å². The number of rotatable bonds is 2. The molecule has 3 fully saturated rings. The van der Waals surface area contributed by atoms with Gasteiger partial charge in [0, 0.05) is 66.3 Å². The van der Waals surface area contributed by atoms with Crippen LogP contribution in [0.2, 0.25) is 0 Å². The molecule has 1 aromatic rings. The van der Waals surface area contributed by atoms with Crippen molar-refractivity contribution in [2.75, 3.05) is 20.8 Å². The Labute approximate surface area is 260 Å². The van der Waals surface area contributed by atoms with E-state index in [1.54, 1.807) is 7.11 Å². The van der Waals surface area contributed by atoms with Crippen molar-refractivity contribution in [1.29, 1.82) is 0 Å². The molecule has 44 heavy (non-hydrogen) atoms. The maximum Gasteiger partial charge on any atom is 0.171 e. The zero-order valence-corrected chi connectivity index (χ0v) is 25.0. The van der Waals surface area contributed by atoms with Crippen molar-refractivity contribution < 1.29 is 23.7 Å². The predicted octanol–water partition coefficient (Wildman–Crippen LogP) is 4.31. The van der Waals surface area contributed by atoms with Crippen LogP contribution in [0.25, 0.3) is 0 Å². The molecule has 3 aliphatic carbocycles. The van der Waals surface area contributed by atoms with E-state index in [-0.39, 0.29) is 17.1 Å². The molecule has 7 unspecified atom stereocenters. The minimum atomic E-state index is -0.229. The second-order valence-electron chi connectivity index (χ2n) is 11.2. The van der Waals surface area contributed by atoms with Crippen LogP contribution in [-0.4, -0.2) is 27.1 Å². The first-order chi connectivity index (χ1) is 21.7. The van der Waals surface area contributed by atoms with E-state index < -0.39 is 0 Å². The van der Waals surface area contributed by atoms with Crippen molar-refractivity contribution in [3.8, 4) is 107 Å². The van der Waals surface area contributed by atoms with Gasteiger partial charge in [0.2, 0.25) is 0 Å². The number of furan rings is 1. The summed E-state index contributed by atoms with van der Waals surface area (Å²) in [5, 5.41) is 0. The molecule has 0 aromatic carbocycles. The number of fused-ring (bicyclic) bond motifs is 2. The van der Waals surface area contributed by atoms with Crippen LogP contribution in [0.1, 0.15) is 56.3 Å². The van der Waals surface area contributed by atoms with Gasteiger partial charge >= 0.3 is 0 Å². The normalized spacial score (nSPS) is 29.3. The molecule has 216 valence electrons. The molecule has 0 spiro atoms. The number of methoxy groups -OCH3 is 1. The van der Waals surface area contributed by atoms with Gasteiger partial charge < -0.3 is 13.9 Å². The van der Waals surface area contributed by atoms with Gasteiger partial charge in [0.05, 0.1) is 25.4 Å². The van der Waals surface area contributed by atoms with E-state index in [1.165, 1.54) is 19.1 Å². The third-order valence-electron chi connectivity index (χ3n) is 9.43. The van der Waals surface area contributed by atoms with Crippen molar-refractivity contribution in [3.05, 3.63) is 23.7 Å². The lowest BCUT2D eigenvalue weighted by atomic mass is 9.41. The second-order valence-corrected chi connectivity index (χ2v) is 11.2. The lowest BCUT2D eigenvalue weighted by molar-refractivity contribution is -0.319. The van der Waals surface area contributed by atoms with Crippen LogP contribution in [0.3, 0.4) is 0 Å². The molecule has 4 aliphatic rings. The molecule has 1 aromatic heterocycles. The summed E-state index contributed by atoms with van der Waals surface area (Å²) >= 11 is 0. The number of hydrogen-bond donors (Lipinski definition) is 0. The number of hydrogen-bond acceptors (Lipinski definition) is 5. The van der Waals surface area contributed by atoms with Gasteiger partial charge in [-0.2, -0.15) is 4.89 Å². The number of ether oxygens (including phenoxy) is 2. The molecule has 2 heterocycles. The minimum Gasteiger partial charge on any atom is -0.469 e. The molecule has 0 radical (unpaired) electrons. The van der Waals surface area contributed by atoms with E-state index in [0.29, 0.717) is 30.3 Å². The lowest BCUT2D eigenvalue weighted by Crippen LogP contribution is -2.66. The first kappa shape index (κ1) is 30.5. The Kier molecular flexibility index (Phi) is 10.0.